The lowest BCUT2D eigenvalue weighted by Crippen LogP contribution is -2.14. The molecule has 0 fully saturated rings. The molecular formula is C15H18N4. The normalized spacial score (nSPS) is 13.3. The monoisotopic (exact) mass is 254 g/mol. The molecule has 2 aromatic rings. The van der Waals surface area contributed by atoms with Crippen molar-refractivity contribution >= 4 is 5.82 Å². The minimum Gasteiger partial charge on any atom is -0.367 e. The predicted octanol–water partition coefficient (Wildman–Crippen LogP) is 2.00. The van der Waals surface area contributed by atoms with Crippen LogP contribution in [0.4, 0.5) is 5.82 Å². The van der Waals surface area contributed by atoms with E-state index in [1.807, 2.05) is 12.1 Å². The van der Waals surface area contributed by atoms with E-state index in [0.29, 0.717) is 13.1 Å². The fourth-order valence-electron chi connectivity index (χ4n) is 2.51. The van der Waals surface area contributed by atoms with Crippen molar-refractivity contribution in [1.29, 1.82) is 0 Å². The third-order valence-corrected chi connectivity index (χ3v) is 3.51. The Labute approximate surface area is 113 Å². The second-order valence-corrected chi connectivity index (χ2v) is 4.86. The number of aryl methyl sites for hydroxylation is 2. The summed E-state index contributed by atoms with van der Waals surface area (Å²) in [7, 11) is 0. The van der Waals surface area contributed by atoms with Crippen molar-refractivity contribution in [2.24, 2.45) is 5.73 Å². The Morgan fingerprint density at radius 1 is 1.05 bits per heavy atom. The Hall–Kier alpha value is -1.94. The van der Waals surface area contributed by atoms with Crippen LogP contribution in [0.5, 0.6) is 0 Å². The Kier molecular flexibility index (Phi) is 3.42. The van der Waals surface area contributed by atoms with Crippen LogP contribution in [0.15, 0.2) is 30.3 Å². The van der Waals surface area contributed by atoms with Crippen LogP contribution < -0.4 is 11.1 Å². The fraction of sp³-hybridized carbons (Fsp3) is 0.333. The molecule has 0 saturated carbocycles. The largest absolute Gasteiger partial charge is 0.367 e. The second-order valence-electron chi connectivity index (χ2n) is 4.86. The molecule has 0 unspecified atom stereocenters. The maximum Gasteiger partial charge on any atom is 0.148 e. The molecule has 1 heterocycles. The molecule has 19 heavy (non-hydrogen) atoms. The first-order valence-corrected chi connectivity index (χ1v) is 6.76. The lowest BCUT2D eigenvalue weighted by Gasteiger charge is -2.06. The number of fused-ring (bicyclic) bond motifs is 1. The zero-order chi connectivity index (χ0) is 13.1. The number of nitrogens with two attached hydrogens (primary N) is 1. The highest BCUT2D eigenvalue weighted by molar-refractivity contribution is 5.62. The molecular weight excluding hydrogens is 236 g/mol. The van der Waals surface area contributed by atoms with Crippen LogP contribution in [0.1, 0.15) is 17.5 Å². The fourth-order valence-corrected chi connectivity index (χ4v) is 2.51. The molecule has 0 amide bonds. The van der Waals surface area contributed by atoms with Crippen LogP contribution in [0.25, 0.3) is 11.3 Å². The van der Waals surface area contributed by atoms with Crippen LogP contribution in [0, 0.1) is 0 Å². The van der Waals surface area contributed by atoms with E-state index in [1.54, 1.807) is 0 Å². The SMILES string of the molecule is NCCNc1ccc(-c2ccc3c(c2)CCC3)nn1. The Balaban J connectivity index is 1.82. The van der Waals surface area contributed by atoms with E-state index in [1.165, 1.54) is 30.4 Å². The van der Waals surface area contributed by atoms with Crippen molar-refractivity contribution in [3.8, 4) is 11.3 Å². The van der Waals surface area contributed by atoms with Gasteiger partial charge in [0, 0.05) is 18.7 Å². The topological polar surface area (TPSA) is 63.8 Å². The third-order valence-electron chi connectivity index (χ3n) is 3.51. The van der Waals surface area contributed by atoms with E-state index < -0.39 is 0 Å². The number of anilines is 1. The van der Waals surface area contributed by atoms with Crippen molar-refractivity contribution < 1.29 is 0 Å². The molecule has 1 aromatic carbocycles. The minimum absolute atomic E-state index is 0.592. The number of nitrogens with one attached hydrogen (secondary N) is 1. The summed E-state index contributed by atoms with van der Waals surface area (Å²) in [4.78, 5) is 0. The van der Waals surface area contributed by atoms with Gasteiger partial charge in [0.2, 0.25) is 0 Å². The summed E-state index contributed by atoms with van der Waals surface area (Å²) in [5.41, 5.74) is 10.5. The zero-order valence-corrected chi connectivity index (χ0v) is 10.9. The quantitative estimate of drug-likeness (QED) is 0.876. The minimum atomic E-state index is 0.592. The third kappa shape index (κ3) is 2.58. The maximum absolute atomic E-state index is 5.44. The molecule has 3 rings (SSSR count). The van der Waals surface area contributed by atoms with Gasteiger partial charge in [-0.05, 0) is 48.6 Å². The summed E-state index contributed by atoms with van der Waals surface area (Å²) in [5.74, 6) is 0.773. The molecule has 1 aliphatic carbocycles. The van der Waals surface area contributed by atoms with Gasteiger partial charge in [-0.1, -0.05) is 12.1 Å². The van der Waals surface area contributed by atoms with Crippen molar-refractivity contribution in [2.45, 2.75) is 19.3 Å². The van der Waals surface area contributed by atoms with E-state index in [2.05, 4.69) is 33.7 Å². The molecule has 0 radical (unpaired) electrons. The number of hydrogen-bond donors (Lipinski definition) is 2. The van der Waals surface area contributed by atoms with Crippen molar-refractivity contribution in [3.63, 3.8) is 0 Å². The average Bonchev–Trinajstić information content (AvgIpc) is 2.93. The summed E-state index contributed by atoms with van der Waals surface area (Å²) >= 11 is 0. The Morgan fingerprint density at radius 2 is 1.95 bits per heavy atom. The summed E-state index contributed by atoms with van der Waals surface area (Å²) in [6.07, 6.45) is 3.67. The van der Waals surface area contributed by atoms with Gasteiger partial charge in [-0.25, -0.2) is 0 Å². The van der Waals surface area contributed by atoms with Gasteiger partial charge in [0.05, 0.1) is 5.69 Å². The van der Waals surface area contributed by atoms with E-state index >= 15 is 0 Å². The molecule has 0 bridgehead atoms. The smallest absolute Gasteiger partial charge is 0.148 e. The van der Waals surface area contributed by atoms with Gasteiger partial charge in [0.15, 0.2) is 0 Å². The predicted molar refractivity (Wildman–Crippen MR) is 77.0 cm³/mol. The van der Waals surface area contributed by atoms with E-state index in [4.69, 9.17) is 5.73 Å². The number of nitrogens with zero attached hydrogens (tertiary/aromatic N) is 2. The van der Waals surface area contributed by atoms with Crippen molar-refractivity contribution in [3.05, 3.63) is 41.5 Å². The van der Waals surface area contributed by atoms with Gasteiger partial charge in [0.25, 0.3) is 0 Å². The molecule has 4 nitrogen and oxygen atoms in total. The van der Waals surface area contributed by atoms with Crippen LogP contribution >= 0.6 is 0 Å². The molecule has 98 valence electrons. The molecule has 0 spiro atoms. The molecule has 3 N–H and O–H groups in total. The highest BCUT2D eigenvalue weighted by atomic mass is 15.2. The molecule has 4 heteroatoms. The van der Waals surface area contributed by atoms with Crippen molar-refractivity contribution in [2.75, 3.05) is 18.4 Å². The number of aromatic nitrogens is 2. The molecule has 0 atom stereocenters. The van der Waals surface area contributed by atoms with Gasteiger partial charge in [-0.3, -0.25) is 0 Å². The first-order chi connectivity index (χ1) is 9.36. The first kappa shape index (κ1) is 12.1. The number of rotatable bonds is 4. The second kappa shape index (κ2) is 5.36. The lowest BCUT2D eigenvalue weighted by atomic mass is 10.0. The summed E-state index contributed by atoms with van der Waals surface area (Å²) in [6, 6.07) is 10.6. The molecule has 0 aliphatic heterocycles. The van der Waals surface area contributed by atoms with E-state index in [-0.39, 0.29) is 0 Å². The Bertz CT molecular complexity index is 563. The Morgan fingerprint density at radius 3 is 2.74 bits per heavy atom. The van der Waals surface area contributed by atoms with Crippen molar-refractivity contribution in [1.82, 2.24) is 10.2 Å². The molecule has 0 saturated heterocycles. The van der Waals surface area contributed by atoms with Crippen LogP contribution in [-0.4, -0.2) is 23.3 Å². The first-order valence-electron chi connectivity index (χ1n) is 6.76. The summed E-state index contributed by atoms with van der Waals surface area (Å²) in [5, 5.41) is 11.6. The van der Waals surface area contributed by atoms with E-state index in [9.17, 15) is 0 Å². The van der Waals surface area contributed by atoms with Gasteiger partial charge < -0.3 is 11.1 Å². The van der Waals surface area contributed by atoms with Gasteiger partial charge in [-0.2, -0.15) is 0 Å². The number of hydrogen-bond acceptors (Lipinski definition) is 4. The van der Waals surface area contributed by atoms with Gasteiger partial charge >= 0.3 is 0 Å². The van der Waals surface area contributed by atoms with Gasteiger partial charge in [0.1, 0.15) is 5.82 Å². The van der Waals surface area contributed by atoms with Crippen LogP contribution in [0.2, 0.25) is 0 Å². The lowest BCUT2D eigenvalue weighted by molar-refractivity contribution is 0.912. The van der Waals surface area contributed by atoms with Crippen LogP contribution in [0.3, 0.4) is 0 Å². The van der Waals surface area contributed by atoms with Gasteiger partial charge in [-0.15, -0.1) is 10.2 Å². The highest BCUT2D eigenvalue weighted by Crippen LogP contribution is 2.27. The summed E-state index contributed by atoms with van der Waals surface area (Å²) in [6.45, 7) is 1.31. The number of benzene rings is 1. The van der Waals surface area contributed by atoms with E-state index in [0.717, 1.165) is 17.1 Å². The standard InChI is InChI=1S/C15H18N4/c16-8-9-17-15-7-6-14(18-19-15)13-5-4-11-2-1-3-12(11)10-13/h4-7,10H,1-3,8-9,16H2,(H,17,19). The zero-order valence-electron chi connectivity index (χ0n) is 10.9. The van der Waals surface area contributed by atoms with Crippen LogP contribution in [-0.2, 0) is 12.8 Å². The maximum atomic E-state index is 5.44. The average molecular weight is 254 g/mol. The highest BCUT2D eigenvalue weighted by Gasteiger charge is 2.11. The molecule has 1 aliphatic rings. The summed E-state index contributed by atoms with van der Waals surface area (Å²) < 4.78 is 0. The molecule has 1 aromatic heterocycles.